The molecule has 1 aromatic rings. The molecule has 0 radical (unpaired) electrons. The van der Waals surface area contributed by atoms with Crippen LogP contribution in [0.3, 0.4) is 0 Å². The number of rotatable bonds is 3. The summed E-state index contributed by atoms with van der Waals surface area (Å²) in [5, 5.41) is 1.30. The van der Waals surface area contributed by atoms with Crippen LogP contribution in [-0.2, 0) is 0 Å². The maximum atomic E-state index is 6.18. The van der Waals surface area contributed by atoms with E-state index in [0.717, 1.165) is 10.6 Å². The predicted octanol–water partition coefficient (Wildman–Crippen LogP) is 4.58. The molecular formula is C13H15ClS. The molecule has 0 spiro atoms. The van der Waals surface area contributed by atoms with Gasteiger partial charge in [0.1, 0.15) is 0 Å². The molecule has 1 atom stereocenters. The molecule has 0 heterocycles. The highest BCUT2D eigenvalue weighted by Crippen LogP contribution is 2.35. The average molecular weight is 239 g/mol. The molecule has 0 aliphatic heterocycles. The van der Waals surface area contributed by atoms with Crippen LogP contribution in [0.15, 0.2) is 23.1 Å². The molecule has 1 unspecified atom stereocenters. The quantitative estimate of drug-likeness (QED) is 0.549. The van der Waals surface area contributed by atoms with Gasteiger partial charge in [0.05, 0.1) is 0 Å². The first-order valence-corrected chi connectivity index (χ1v) is 6.23. The predicted molar refractivity (Wildman–Crippen MR) is 69.7 cm³/mol. The van der Waals surface area contributed by atoms with Gasteiger partial charge in [-0.1, -0.05) is 37.4 Å². The smallest absolute Gasteiger partial charge is 0.0461 e. The molecule has 0 fully saturated rings. The summed E-state index contributed by atoms with van der Waals surface area (Å²) in [4.78, 5) is 1.20. The molecule has 0 aliphatic carbocycles. The first-order valence-electron chi connectivity index (χ1n) is 4.97. The number of terminal acetylenes is 1. The molecule has 15 heavy (non-hydrogen) atoms. The van der Waals surface area contributed by atoms with Gasteiger partial charge in [-0.15, -0.1) is 18.2 Å². The fourth-order valence-electron chi connectivity index (χ4n) is 1.38. The van der Waals surface area contributed by atoms with E-state index in [4.69, 9.17) is 18.0 Å². The van der Waals surface area contributed by atoms with Gasteiger partial charge in [-0.25, -0.2) is 0 Å². The second kappa shape index (κ2) is 5.49. The van der Waals surface area contributed by atoms with Gasteiger partial charge in [0.2, 0.25) is 0 Å². The highest BCUT2D eigenvalue weighted by Gasteiger charge is 2.13. The molecule has 0 saturated heterocycles. The zero-order valence-electron chi connectivity index (χ0n) is 9.25. The Balaban J connectivity index is 3.15. The van der Waals surface area contributed by atoms with E-state index in [1.807, 2.05) is 19.1 Å². The molecule has 0 nitrogen and oxygen atoms in total. The van der Waals surface area contributed by atoms with Crippen LogP contribution in [0.2, 0.25) is 5.02 Å². The van der Waals surface area contributed by atoms with Crippen LogP contribution >= 0.6 is 23.4 Å². The van der Waals surface area contributed by atoms with Crippen molar-refractivity contribution in [2.75, 3.05) is 0 Å². The Kier molecular flexibility index (Phi) is 4.57. The van der Waals surface area contributed by atoms with Crippen molar-refractivity contribution in [2.45, 2.75) is 36.8 Å². The van der Waals surface area contributed by atoms with E-state index in [1.165, 1.54) is 4.90 Å². The summed E-state index contributed by atoms with van der Waals surface area (Å²) >= 11 is 7.98. The van der Waals surface area contributed by atoms with Gasteiger partial charge < -0.3 is 0 Å². The molecule has 0 N–H and O–H groups in total. The van der Waals surface area contributed by atoms with Crippen LogP contribution in [0.25, 0.3) is 0 Å². The highest BCUT2D eigenvalue weighted by molar-refractivity contribution is 8.00. The number of halogens is 1. The summed E-state index contributed by atoms with van der Waals surface area (Å²) in [6, 6.07) is 5.95. The fourth-order valence-corrected chi connectivity index (χ4v) is 2.85. The second-order valence-corrected chi connectivity index (χ2v) is 5.73. The van der Waals surface area contributed by atoms with Crippen molar-refractivity contribution in [3.63, 3.8) is 0 Å². The summed E-state index contributed by atoms with van der Waals surface area (Å²) in [6.07, 6.45) is 5.45. The van der Waals surface area contributed by atoms with E-state index in [-0.39, 0.29) is 5.92 Å². The van der Waals surface area contributed by atoms with Crippen LogP contribution in [0.4, 0.5) is 0 Å². The Bertz CT molecular complexity index is 377. The lowest BCUT2D eigenvalue weighted by atomic mass is 10.0. The first kappa shape index (κ1) is 12.5. The van der Waals surface area contributed by atoms with Gasteiger partial charge in [0.15, 0.2) is 0 Å². The molecule has 80 valence electrons. The average Bonchev–Trinajstić information content (AvgIpc) is 2.16. The van der Waals surface area contributed by atoms with Gasteiger partial charge in [0, 0.05) is 21.1 Å². The minimum atomic E-state index is 0.0694. The zero-order valence-corrected chi connectivity index (χ0v) is 10.8. The minimum Gasteiger partial charge on any atom is -0.123 e. The van der Waals surface area contributed by atoms with E-state index in [1.54, 1.807) is 11.8 Å². The monoisotopic (exact) mass is 238 g/mol. The summed E-state index contributed by atoms with van der Waals surface area (Å²) in [5.41, 5.74) is 1.08. The summed E-state index contributed by atoms with van der Waals surface area (Å²) < 4.78 is 0. The Morgan fingerprint density at radius 3 is 2.53 bits per heavy atom. The third-order valence-corrected chi connectivity index (χ3v) is 3.47. The van der Waals surface area contributed by atoms with Crippen LogP contribution in [-0.4, -0.2) is 5.25 Å². The molecule has 0 aliphatic rings. The van der Waals surface area contributed by atoms with E-state index in [2.05, 4.69) is 25.8 Å². The molecule has 1 aromatic carbocycles. The third-order valence-electron chi connectivity index (χ3n) is 2.06. The topological polar surface area (TPSA) is 0 Å². The van der Waals surface area contributed by atoms with Gasteiger partial charge >= 0.3 is 0 Å². The Hall–Kier alpha value is -0.580. The summed E-state index contributed by atoms with van der Waals surface area (Å²) in [6.45, 7) is 6.33. The van der Waals surface area contributed by atoms with Crippen LogP contribution in [0, 0.1) is 12.3 Å². The van der Waals surface area contributed by atoms with Crippen molar-refractivity contribution in [3.05, 3.63) is 28.8 Å². The fraction of sp³-hybridized carbons (Fsp3) is 0.385. The van der Waals surface area contributed by atoms with Crippen molar-refractivity contribution in [2.24, 2.45) is 0 Å². The second-order valence-electron chi connectivity index (χ2n) is 3.71. The summed E-state index contributed by atoms with van der Waals surface area (Å²) in [7, 11) is 0. The highest BCUT2D eigenvalue weighted by atomic mass is 35.5. The molecule has 0 amide bonds. The first-order chi connectivity index (χ1) is 7.06. The Labute approximate surface area is 101 Å². The van der Waals surface area contributed by atoms with Gasteiger partial charge in [-0.05, 0) is 24.6 Å². The zero-order chi connectivity index (χ0) is 11.4. The van der Waals surface area contributed by atoms with Crippen molar-refractivity contribution < 1.29 is 0 Å². The van der Waals surface area contributed by atoms with Crippen molar-refractivity contribution >= 4 is 23.4 Å². The molecule has 0 saturated carbocycles. The van der Waals surface area contributed by atoms with E-state index < -0.39 is 0 Å². The normalized spacial score (nSPS) is 12.5. The molecule has 2 heteroatoms. The third kappa shape index (κ3) is 3.19. The van der Waals surface area contributed by atoms with E-state index >= 15 is 0 Å². The molecule has 1 rings (SSSR count). The molecule has 0 aromatic heterocycles. The van der Waals surface area contributed by atoms with Crippen molar-refractivity contribution in [1.29, 1.82) is 0 Å². The number of hydrogen-bond donors (Lipinski definition) is 0. The SMILES string of the molecule is C#CC(C)c1c(Cl)cccc1SC(C)C. The lowest BCUT2D eigenvalue weighted by Gasteiger charge is -2.15. The van der Waals surface area contributed by atoms with Gasteiger partial charge in [0.25, 0.3) is 0 Å². The van der Waals surface area contributed by atoms with E-state index in [0.29, 0.717) is 5.25 Å². The molecular weight excluding hydrogens is 224 g/mol. The largest absolute Gasteiger partial charge is 0.123 e. The standard InChI is InChI=1S/C13H15ClS/c1-5-10(4)13-11(14)7-6-8-12(13)15-9(2)3/h1,6-10H,2-4H3. The Morgan fingerprint density at radius 1 is 1.33 bits per heavy atom. The number of hydrogen-bond acceptors (Lipinski definition) is 1. The number of benzene rings is 1. The number of thioether (sulfide) groups is 1. The van der Waals surface area contributed by atoms with E-state index in [9.17, 15) is 0 Å². The lowest BCUT2D eigenvalue weighted by Crippen LogP contribution is -1.96. The Morgan fingerprint density at radius 2 is 2.00 bits per heavy atom. The van der Waals surface area contributed by atoms with Crippen LogP contribution in [0.1, 0.15) is 32.3 Å². The minimum absolute atomic E-state index is 0.0694. The van der Waals surface area contributed by atoms with Crippen molar-refractivity contribution in [3.8, 4) is 12.3 Å². The lowest BCUT2D eigenvalue weighted by molar-refractivity contribution is 0.964. The van der Waals surface area contributed by atoms with Gasteiger partial charge in [-0.3, -0.25) is 0 Å². The summed E-state index contributed by atoms with van der Waals surface area (Å²) in [5.74, 6) is 2.81. The van der Waals surface area contributed by atoms with Crippen molar-refractivity contribution in [1.82, 2.24) is 0 Å². The maximum Gasteiger partial charge on any atom is 0.0461 e. The maximum absolute atomic E-state index is 6.18. The van der Waals surface area contributed by atoms with Crippen LogP contribution in [0.5, 0.6) is 0 Å². The van der Waals surface area contributed by atoms with Crippen LogP contribution < -0.4 is 0 Å². The molecule has 0 bridgehead atoms. The van der Waals surface area contributed by atoms with Gasteiger partial charge in [-0.2, -0.15) is 0 Å².